The second-order valence-electron chi connectivity index (χ2n) is 6.46. The van der Waals surface area contributed by atoms with Crippen LogP contribution in [0.2, 0.25) is 0 Å². The van der Waals surface area contributed by atoms with Crippen molar-refractivity contribution in [2.24, 2.45) is 11.8 Å². The van der Waals surface area contributed by atoms with Gasteiger partial charge in [0.1, 0.15) is 11.4 Å². The monoisotopic (exact) mass is 306 g/mol. The quantitative estimate of drug-likeness (QED) is 0.876. The largest absolute Gasteiger partial charge is 0.508 e. The molecule has 0 saturated carbocycles. The molecule has 2 nitrogen and oxygen atoms in total. The van der Waals surface area contributed by atoms with Crippen LogP contribution < -0.4 is 0 Å². The number of benzene rings is 2. The van der Waals surface area contributed by atoms with Crippen molar-refractivity contribution in [1.29, 1.82) is 0 Å². The number of hydrogen-bond donors (Lipinski definition) is 2. The van der Waals surface area contributed by atoms with Gasteiger partial charge in [-0.3, -0.25) is 0 Å². The van der Waals surface area contributed by atoms with Crippen LogP contribution >= 0.6 is 0 Å². The zero-order chi connectivity index (χ0) is 16.4. The van der Waals surface area contributed by atoms with E-state index in [2.05, 4.69) is 19.9 Å². The molecular formula is C21H22O2. The molecule has 2 N–H and O–H groups in total. The Morgan fingerprint density at radius 3 is 2.22 bits per heavy atom. The highest BCUT2D eigenvalue weighted by Gasteiger charge is 2.38. The van der Waals surface area contributed by atoms with Crippen LogP contribution in [0.4, 0.5) is 0 Å². The van der Waals surface area contributed by atoms with E-state index in [1.54, 1.807) is 12.1 Å². The van der Waals surface area contributed by atoms with E-state index in [0.29, 0.717) is 0 Å². The van der Waals surface area contributed by atoms with Crippen LogP contribution in [0, 0.1) is 11.8 Å². The maximum Gasteiger partial charge on any atom is 0.115 e. The lowest BCUT2D eigenvalue weighted by atomic mass is 9.71. The molecule has 0 aromatic heterocycles. The Morgan fingerprint density at radius 2 is 1.61 bits per heavy atom. The summed E-state index contributed by atoms with van der Waals surface area (Å²) in [5.74, 6) is 0.534. The summed E-state index contributed by atoms with van der Waals surface area (Å²) in [5, 5.41) is 20.8. The first kappa shape index (κ1) is 15.6. The highest BCUT2D eigenvalue weighted by Crippen LogP contribution is 2.42. The zero-order valence-electron chi connectivity index (χ0n) is 13.5. The number of aromatic hydroxyl groups is 1. The van der Waals surface area contributed by atoms with Crippen LogP contribution in [0.3, 0.4) is 0 Å². The molecule has 118 valence electrons. The zero-order valence-corrected chi connectivity index (χ0v) is 13.5. The van der Waals surface area contributed by atoms with Gasteiger partial charge in [-0.25, -0.2) is 0 Å². The Bertz CT molecular complexity index is 726. The fourth-order valence-electron chi connectivity index (χ4n) is 3.24. The van der Waals surface area contributed by atoms with Crippen molar-refractivity contribution in [1.82, 2.24) is 0 Å². The van der Waals surface area contributed by atoms with Crippen molar-refractivity contribution in [3.8, 4) is 5.75 Å². The summed E-state index contributed by atoms with van der Waals surface area (Å²) in [7, 11) is 0. The van der Waals surface area contributed by atoms with Crippen LogP contribution in [0.5, 0.6) is 5.75 Å². The number of allylic oxidation sites excluding steroid dienone is 2. The molecule has 0 aliphatic heterocycles. The molecule has 23 heavy (non-hydrogen) atoms. The molecule has 0 saturated heterocycles. The van der Waals surface area contributed by atoms with Gasteiger partial charge in [-0.15, -0.1) is 0 Å². The van der Waals surface area contributed by atoms with Gasteiger partial charge in [-0.1, -0.05) is 68.5 Å². The molecule has 1 aliphatic rings. The van der Waals surface area contributed by atoms with Gasteiger partial charge in [-0.05, 0) is 40.8 Å². The van der Waals surface area contributed by atoms with E-state index >= 15 is 0 Å². The molecule has 1 aliphatic carbocycles. The van der Waals surface area contributed by atoms with Gasteiger partial charge in [0.15, 0.2) is 0 Å². The molecule has 3 rings (SSSR count). The normalized spacial score (nSPS) is 23.8. The average Bonchev–Trinajstić information content (AvgIpc) is 2.57. The molecule has 0 spiro atoms. The Kier molecular flexibility index (Phi) is 4.10. The standard InChI is InChI=1S/C21H22O2/c1-15(2)20-14-17(16-8-10-19(22)11-9-16)12-13-21(20,23)18-6-4-3-5-7-18/h3-15,20,22-23H,1-2H3. The Morgan fingerprint density at radius 1 is 0.957 bits per heavy atom. The lowest BCUT2D eigenvalue weighted by Gasteiger charge is -2.38. The minimum absolute atomic E-state index is 0.0151. The summed E-state index contributed by atoms with van der Waals surface area (Å²) >= 11 is 0. The van der Waals surface area contributed by atoms with Crippen molar-refractivity contribution in [3.63, 3.8) is 0 Å². The first-order valence-electron chi connectivity index (χ1n) is 7.99. The Balaban J connectivity index is 2.02. The second-order valence-corrected chi connectivity index (χ2v) is 6.46. The van der Waals surface area contributed by atoms with Crippen molar-refractivity contribution < 1.29 is 10.2 Å². The average molecular weight is 306 g/mol. The minimum Gasteiger partial charge on any atom is -0.508 e. The van der Waals surface area contributed by atoms with Crippen molar-refractivity contribution in [3.05, 3.63) is 84.0 Å². The summed E-state index contributed by atoms with van der Waals surface area (Å²) in [6.07, 6.45) is 6.01. The van der Waals surface area contributed by atoms with Crippen LogP contribution in [-0.2, 0) is 5.60 Å². The number of phenols is 1. The van der Waals surface area contributed by atoms with Gasteiger partial charge in [0.2, 0.25) is 0 Å². The molecular weight excluding hydrogens is 284 g/mol. The predicted octanol–water partition coefficient (Wildman–Crippen LogP) is 4.51. The van der Waals surface area contributed by atoms with Crippen molar-refractivity contribution in [2.45, 2.75) is 19.4 Å². The molecule has 0 radical (unpaired) electrons. The smallest absolute Gasteiger partial charge is 0.115 e. The van der Waals surface area contributed by atoms with E-state index < -0.39 is 5.60 Å². The van der Waals surface area contributed by atoms with Gasteiger partial charge in [0.05, 0.1) is 0 Å². The molecule has 0 bridgehead atoms. The lowest BCUT2D eigenvalue weighted by Crippen LogP contribution is -2.36. The molecule has 2 aromatic carbocycles. The summed E-state index contributed by atoms with van der Waals surface area (Å²) < 4.78 is 0. The molecule has 2 aromatic rings. The Labute approximate surface area is 137 Å². The van der Waals surface area contributed by atoms with Gasteiger partial charge >= 0.3 is 0 Å². The third-order valence-electron chi connectivity index (χ3n) is 4.54. The molecule has 2 atom stereocenters. The van der Waals surface area contributed by atoms with Gasteiger partial charge in [0.25, 0.3) is 0 Å². The molecule has 2 unspecified atom stereocenters. The minimum atomic E-state index is -0.990. The van der Waals surface area contributed by atoms with E-state index in [-0.39, 0.29) is 17.6 Å². The van der Waals surface area contributed by atoms with Crippen LogP contribution in [0.25, 0.3) is 5.57 Å². The third-order valence-corrected chi connectivity index (χ3v) is 4.54. The summed E-state index contributed by atoms with van der Waals surface area (Å²) in [4.78, 5) is 0. The van der Waals surface area contributed by atoms with E-state index in [9.17, 15) is 10.2 Å². The topological polar surface area (TPSA) is 40.5 Å². The highest BCUT2D eigenvalue weighted by atomic mass is 16.3. The second kappa shape index (κ2) is 6.05. The maximum atomic E-state index is 11.3. The summed E-state index contributed by atoms with van der Waals surface area (Å²) in [6.45, 7) is 4.26. The molecule has 2 heteroatoms. The van der Waals surface area contributed by atoms with E-state index in [1.165, 1.54) is 0 Å². The molecule has 0 amide bonds. The number of rotatable bonds is 3. The van der Waals surface area contributed by atoms with E-state index in [1.807, 2.05) is 54.6 Å². The SMILES string of the molecule is CC(C)C1C=C(c2ccc(O)cc2)C=CC1(O)c1ccccc1. The van der Waals surface area contributed by atoms with E-state index in [4.69, 9.17) is 0 Å². The summed E-state index contributed by atoms with van der Waals surface area (Å²) in [6, 6.07) is 17.0. The van der Waals surface area contributed by atoms with Gasteiger partial charge < -0.3 is 10.2 Å². The van der Waals surface area contributed by atoms with E-state index in [0.717, 1.165) is 16.7 Å². The fraction of sp³-hybridized carbons (Fsp3) is 0.238. The number of hydrogen-bond acceptors (Lipinski definition) is 2. The van der Waals surface area contributed by atoms with Crippen LogP contribution in [0.15, 0.2) is 72.8 Å². The van der Waals surface area contributed by atoms with Crippen LogP contribution in [0.1, 0.15) is 25.0 Å². The maximum absolute atomic E-state index is 11.3. The first-order valence-corrected chi connectivity index (χ1v) is 7.99. The van der Waals surface area contributed by atoms with Gasteiger partial charge in [0, 0.05) is 5.92 Å². The van der Waals surface area contributed by atoms with Crippen LogP contribution in [-0.4, -0.2) is 10.2 Å². The predicted molar refractivity (Wildman–Crippen MR) is 93.9 cm³/mol. The number of phenolic OH excluding ortho intramolecular Hbond substituents is 1. The molecule has 0 heterocycles. The van der Waals surface area contributed by atoms with Gasteiger partial charge in [-0.2, -0.15) is 0 Å². The number of aliphatic hydroxyl groups is 1. The van der Waals surface area contributed by atoms with Crippen molar-refractivity contribution in [2.75, 3.05) is 0 Å². The highest BCUT2D eigenvalue weighted by molar-refractivity contribution is 5.76. The first-order chi connectivity index (χ1) is 11.0. The lowest BCUT2D eigenvalue weighted by molar-refractivity contribution is 0.0243. The fourth-order valence-corrected chi connectivity index (χ4v) is 3.24. The molecule has 0 fully saturated rings. The Hall–Kier alpha value is -2.32. The summed E-state index contributed by atoms with van der Waals surface area (Å²) in [5.41, 5.74) is 2.04. The van der Waals surface area contributed by atoms with Crippen molar-refractivity contribution >= 4 is 5.57 Å². The third kappa shape index (κ3) is 2.95.